The Kier molecular flexibility index (Phi) is 3.96. The van der Waals surface area contributed by atoms with Crippen molar-refractivity contribution in [2.24, 2.45) is 0 Å². The first-order valence-electron chi connectivity index (χ1n) is 5.57. The van der Waals surface area contributed by atoms with E-state index in [0.717, 1.165) is 0 Å². The number of aryl methyl sites for hydroxylation is 2. The molecule has 1 aliphatic heterocycles. The minimum Gasteiger partial charge on any atom is -0.374 e. The van der Waals surface area contributed by atoms with Gasteiger partial charge in [-0.1, -0.05) is 5.16 Å². The highest BCUT2D eigenvalue weighted by Crippen LogP contribution is 2.24. The van der Waals surface area contributed by atoms with Crippen LogP contribution in [-0.2, 0) is 14.8 Å². The highest BCUT2D eigenvalue weighted by atomic mass is 35.5. The lowest BCUT2D eigenvalue weighted by molar-refractivity contribution is 0.0122. The lowest BCUT2D eigenvalue weighted by atomic mass is 10.3. The first-order chi connectivity index (χ1) is 8.46. The second-order valence-corrected chi connectivity index (χ2v) is 6.35. The van der Waals surface area contributed by atoms with Gasteiger partial charge in [0.25, 0.3) is 0 Å². The number of rotatable bonds is 3. The quantitative estimate of drug-likeness (QED) is 0.775. The van der Waals surface area contributed by atoms with Crippen LogP contribution in [0, 0.1) is 13.8 Å². The molecule has 8 heteroatoms. The van der Waals surface area contributed by atoms with E-state index in [2.05, 4.69) is 5.16 Å². The molecule has 0 radical (unpaired) electrons. The van der Waals surface area contributed by atoms with Crippen molar-refractivity contribution in [3.8, 4) is 0 Å². The van der Waals surface area contributed by atoms with E-state index in [1.54, 1.807) is 13.8 Å². The van der Waals surface area contributed by atoms with Crippen molar-refractivity contribution in [2.45, 2.75) is 24.8 Å². The molecular formula is C10H15ClN2O4S. The molecule has 6 nitrogen and oxygen atoms in total. The van der Waals surface area contributed by atoms with E-state index in [-0.39, 0.29) is 23.4 Å². The molecule has 0 amide bonds. The molecule has 0 aromatic carbocycles. The molecule has 2 heterocycles. The summed E-state index contributed by atoms with van der Waals surface area (Å²) in [5, 5.41) is 3.68. The van der Waals surface area contributed by atoms with Gasteiger partial charge in [-0.3, -0.25) is 0 Å². The normalized spacial score (nSPS) is 22.3. The second-order valence-electron chi connectivity index (χ2n) is 4.16. The Morgan fingerprint density at radius 2 is 2.22 bits per heavy atom. The third-order valence-electron chi connectivity index (χ3n) is 2.84. The Hall–Kier alpha value is -0.630. The average Bonchev–Trinajstić information content (AvgIpc) is 2.69. The van der Waals surface area contributed by atoms with Gasteiger partial charge in [0, 0.05) is 19.0 Å². The molecule has 1 atom stereocenters. The van der Waals surface area contributed by atoms with E-state index in [1.807, 2.05) is 0 Å². The Balaban J connectivity index is 2.31. The molecule has 0 aliphatic carbocycles. The molecule has 1 aromatic rings. The van der Waals surface area contributed by atoms with Crippen molar-refractivity contribution in [1.29, 1.82) is 0 Å². The van der Waals surface area contributed by atoms with Crippen LogP contribution in [0.5, 0.6) is 0 Å². The lowest BCUT2D eigenvalue weighted by Crippen LogP contribution is -2.46. The Morgan fingerprint density at radius 1 is 1.50 bits per heavy atom. The Bertz CT molecular complexity index is 508. The summed E-state index contributed by atoms with van der Waals surface area (Å²) >= 11 is 5.71. The van der Waals surface area contributed by atoms with Gasteiger partial charge < -0.3 is 9.26 Å². The fraction of sp³-hybridized carbons (Fsp3) is 0.700. The zero-order valence-electron chi connectivity index (χ0n) is 10.2. The second kappa shape index (κ2) is 5.16. The predicted molar refractivity (Wildman–Crippen MR) is 65.2 cm³/mol. The molecular weight excluding hydrogens is 280 g/mol. The van der Waals surface area contributed by atoms with Crippen LogP contribution in [0.4, 0.5) is 0 Å². The highest BCUT2D eigenvalue weighted by molar-refractivity contribution is 7.89. The summed E-state index contributed by atoms with van der Waals surface area (Å²) in [6, 6.07) is 0. The molecule has 1 fully saturated rings. The van der Waals surface area contributed by atoms with Crippen LogP contribution in [0.1, 0.15) is 11.5 Å². The van der Waals surface area contributed by atoms with Gasteiger partial charge in [0.05, 0.1) is 12.7 Å². The van der Waals surface area contributed by atoms with Gasteiger partial charge in [-0.25, -0.2) is 8.42 Å². The maximum Gasteiger partial charge on any atom is 0.248 e. The molecule has 2 rings (SSSR count). The largest absolute Gasteiger partial charge is 0.374 e. The molecule has 1 saturated heterocycles. The number of sulfonamides is 1. The minimum atomic E-state index is -3.58. The monoisotopic (exact) mass is 294 g/mol. The molecule has 0 N–H and O–H groups in total. The van der Waals surface area contributed by atoms with Gasteiger partial charge in [-0.05, 0) is 13.8 Å². The minimum absolute atomic E-state index is 0.151. The van der Waals surface area contributed by atoms with Crippen LogP contribution >= 0.6 is 11.6 Å². The van der Waals surface area contributed by atoms with Crippen molar-refractivity contribution < 1.29 is 17.7 Å². The van der Waals surface area contributed by atoms with E-state index in [9.17, 15) is 8.42 Å². The van der Waals surface area contributed by atoms with Crippen LogP contribution in [-0.4, -0.2) is 49.6 Å². The van der Waals surface area contributed by atoms with Crippen LogP contribution in [0.25, 0.3) is 0 Å². The molecule has 1 aromatic heterocycles. The van der Waals surface area contributed by atoms with Crippen molar-refractivity contribution in [2.75, 3.05) is 25.6 Å². The number of nitrogens with zero attached hydrogens (tertiary/aromatic N) is 2. The number of hydrogen-bond acceptors (Lipinski definition) is 5. The number of aromatic nitrogens is 1. The fourth-order valence-corrected chi connectivity index (χ4v) is 3.91. The summed E-state index contributed by atoms with van der Waals surface area (Å²) in [6.45, 7) is 4.13. The van der Waals surface area contributed by atoms with Crippen molar-refractivity contribution in [3.05, 3.63) is 11.5 Å². The van der Waals surface area contributed by atoms with Gasteiger partial charge in [-0.2, -0.15) is 4.31 Å². The van der Waals surface area contributed by atoms with Crippen LogP contribution in [0.15, 0.2) is 9.42 Å². The van der Waals surface area contributed by atoms with Crippen LogP contribution in [0.3, 0.4) is 0 Å². The standard InChI is InChI=1S/C10H15ClN2O4S/c1-7-10(8(2)17-12-7)18(14,15)13-3-4-16-9(5-11)6-13/h9H,3-6H2,1-2H3. The van der Waals surface area contributed by atoms with Crippen molar-refractivity contribution in [1.82, 2.24) is 9.46 Å². The van der Waals surface area contributed by atoms with Crippen molar-refractivity contribution >= 4 is 21.6 Å². The molecule has 18 heavy (non-hydrogen) atoms. The highest BCUT2D eigenvalue weighted by Gasteiger charge is 2.34. The number of morpholine rings is 1. The Morgan fingerprint density at radius 3 is 2.78 bits per heavy atom. The summed E-state index contributed by atoms with van der Waals surface area (Å²) in [4.78, 5) is 0.151. The molecule has 0 bridgehead atoms. The van der Waals surface area contributed by atoms with E-state index in [4.69, 9.17) is 20.9 Å². The SMILES string of the molecule is Cc1noc(C)c1S(=O)(=O)N1CCOC(CCl)C1. The smallest absolute Gasteiger partial charge is 0.248 e. The van der Waals surface area contributed by atoms with Crippen molar-refractivity contribution in [3.63, 3.8) is 0 Å². The first kappa shape index (κ1) is 13.8. The average molecular weight is 295 g/mol. The maximum absolute atomic E-state index is 12.5. The van der Waals surface area contributed by atoms with E-state index >= 15 is 0 Å². The Labute approximate surface area is 111 Å². The number of ether oxygens (including phenoxy) is 1. The lowest BCUT2D eigenvalue weighted by Gasteiger charge is -2.30. The summed E-state index contributed by atoms with van der Waals surface area (Å²) in [6.07, 6.45) is -0.268. The number of halogens is 1. The summed E-state index contributed by atoms with van der Waals surface area (Å²) in [5.74, 6) is 0.578. The van der Waals surface area contributed by atoms with Crippen LogP contribution < -0.4 is 0 Å². The predicted octanol–water partition coefficient (Wildman–Crippen LogP) is 0.920. The number of hydrogen-bond donors (Lipinski definition) is 0. The zero-order valence-corrected chi connectivity index (χ0v) is 11.8. The first-order valence-corrected chi connectivity index (χ1v) is 7.55. The summed E-state index contributed by atoms with van der Waals surface area (Å²) < 4.78 is 36.6. The van der Waals surface area contributed by atoms with Gasteiger partial charge in [0.1, 0.15) is 10.6 Å². The van der Waals surface area contributed by atoms with Gasteiger partial charge >= 0.3 is 0 Å². The van der Waals surface area contributed by atoms with Gasteiger partial charge in [-0.15, -0.1) is 11.6 Å². The molecule has 1 aliphatic rings. The number of alkyl halides is 1. The molecule has 0 spiro atoms. The fourth-order valence-electron chi connectivity index (χ4n) is 1.98. The van der Waals surface area contributed by atoms with Gasteiger partial charge in [0.15, 0.2) is 5.76 Å². The van der Waals surface area contributed by atoms with E-state index < -0.39 is 10.0 Å². The molecule has 102 valence electrons. The van der Waals surface area contributed by atoms with Crippen LogP contribution in [0.2, 0.25) is 0 Å². The van der Waals surface area contributed by atoms with E-state index in [0.29, 0.717) is 24.6 Å². The summed E-state index contributed by atoms with van der Waals surface area (Å²) in [5.41, 5.74) is 0.376. The maximum atomic E-state index is 12.5. The van der Waals surface area contributed by atoms with E-state index in [1.165, 1.54) is 4.31 Å². The summed E-state index contributed by atoms with van der Waals surface area (Å²) in [7, 11) is -3.58. The van der Waals surface area contributed by atoms with Gasteiger partial charge in [0.2, 0.25) is 10.0 Å². The molecule has 0 saturated carbocycles. The zero-order chi connectivity index (χ0) is 13.3. The topological polar surface area (TPSA) is 72.6 Å². The molecule has 1 unspecified atom stereocenters. The third-order valence-corrected chi connectivity index (χ3v) is 5.29. The third kappa shape index (κ3) is 2.40.